The number of benzene rings is 1. The Labute approximate surface area is 194 Å². The fraction of sp³-hybridized carbons (Fsp3) is 0.292. The first-order valence-corrected chi connectivity index (χ1v) is 10.9. The molecule has 0 N–H and O–H groups in total. The Morgan fingerprint density at radius 3 is 2.65 bits per heavy atom. The fourth-order valence-corrected chi connectivity index (χ4v) is 4.19. The van der Waals surface area contributed by atoms with Crippen molar-refractivity contribution >= 4 is 11.6 Å². The third-order valence-electron chi connectivity index (χ3n) is 5.96. The molecule has 10 heteroatoms. The van der Waals surface area contributed by atoms with Crippen LogP contribution in [0.15, 0.2) is 59.3 Å². The number of hydrogen-bond acceptors (Lipinski definition) is 6. The minimum absolute atomic E-state index is 0.0988. The summed E-state index contributed by atoms with van der Waals surface area (Å²) in [5.41, 5.74) is 0.798. The first kappa shape index (κ1) is 22.0. The van der Waals surface area contributed by atoms with Gasteiger partial charge in [-0.25, -0.2) is 18.3 Å². The highest BCUT2D eigenvalue weighted by Crippen LogP contribution is 2.32. The van der Waals surface area contributed by atoms with Gasteiger partial charge in [-0.05, 0) is 30.3 Å². The van der Waals surface area contributed by atoms with Crippen LogP contribution in [0.1, 0.15) is 28.2 Å². The Bertz CT molecular complexity index is 1300. The summed E-state index contributed by atoms with van der Waals surface area (Å²) in [4.78, 5) is 21.8. The van der Waals surface area contributed by atoms with Crippen LogP contribution in [-0.2, 0) is 6.54 Å². The van der Waals surface area contributed by atoms with Crippen molar-refractivity contribution in [1.82, 2.24) is 24.4 Å². The van der Waals surface area contributed by atoms with Crippen molar-refractivity contribution in [2.45, 2.75) is 13.0 Å². The van der Waals surface area contributed by atoms with Gasteiger partial charge in [-0.3, -0.25) is 9.69 Å². The number of alkyl halides is 2. The Morgan fingerprint density at radius 1 is 1.15 bits per heavy atom. The van der Waals surface area contributed by atoms with Crippen LogP contribution < -0.4 is 4.74 Å². The molecule has 0 aliphatic carbocycles. The van der Waals surface area contributed by atoms with Gasteiger partial charge in [0.05, 0.1) is 31.8 Å². The highest BCUT2D eigenvalue weighted by atomic mass is 19.3. The van der Waals surface area contributed by atoms with Crippen molar-refractivity contribution < 1.29 is 22.7 Å². The number of fused-ring (bicyclic) bond motifs is 1. The number of ether oxygens (including phenoxy) is 1. The zero-order chi connectivity index (χ0) is 23.7. The smallest absolute Gasteiger partial charge is 0.280 e. The number of piperazine rings is 1. The molecule has 0 unspecified atom stereocenters. The Morgan fingerprint density at radius 2 is 1.94 bits per heavy atom. The zero-order valence-electron chi connectivity index (χ0n) is 18.5. The van der Waals surface area contributed by atoms with E-state index in [-0.39, 0.29) is 28.5 Å². The maximum absolute atomic E-state index is 13.9. The molecule has 34 heavy (non-hydrogen) atoms. The van der Waals surface area contributed by atoms with Gasteiger partial charge in [-0.2, -0.15) is 5.10 Å². The van der Waals surface area contributed by atoms with Crippen molar-refractivity contribution in [2.75, 3.05) is 33.3 Å². The van der Waals surface area contributed by atoms with E-state index in [2.05, 4.69) is 15.0 Å². The second-order valence-electron chi connectivity index (χ2n) is 8.01. The van der Waals surface area contributed by atoms with Gasteiger partial charge >= 0.3 is 0 Å². The van der Waals surface area contributed by atoms with E-state index in [1.54, 1.807) is 35.4 Å². The van der Waals surface area contributed by atoms with Gasteiger partial charge in [0.25, 0.3) is 12.3 Å². The van der Waals surface area contributed by atoms with Crippen molar-refractivity contribution in [3.05, 3.63) is 71.9 Å². The van der Waals surface area contributed by atoms with E-state index in [9.17, 15) is 13.6 Å². The summed E-state index contributed by atoms with van der Waals surface area (Å²) in [7, 11) is 1.50. The number of amides is 1. The molecule has 1 aliphatic heterocycles. The van der Waals surface area contributed by atoms with Gasteiger partial charge in [0.15, 0.2) is 5.65 Å². The predicted molar refractivity (Wildman–Crippen MR) is 120 cm³/mol. The standard InChI is InChI=1S/C24H23F2N5O3/c1-33-21-7-3-2-6-17(21)19-13-20(22(25)26)31-23(28-19)18(14-27-31)24(32)30-10-8-29(9-11-30)15-16-5-4-12-34-16/h2-7,12-14,22H,8-11,15H2,1H3. The number of carbonyl (C=O) groups is 1. The van der Waals surface area contributed by atoms with E-state index in [1.165, 1.54) is 19.4 Å². The number of hydrogen-bond donors (Lipinski definition) is 0. The SMILES string of the molecule is COc1ccccc1-c1cc(C(F)F)n2ncc(C(=O)N3CCN(Cc4ccco4)CC3)c2n1. The number of para-hydroxylation sites is 1. The van der Waals surface area contributed by atoms with E-state index in [0.29, 0.717) is 44.0 Å². The number of methoxy groups -OCH3 is 1. The van der Waals surface area contributed by atoms with Crippen LogP contribution in [0, 0.1) is 0 Å². The van der Waals surface area contributed by atoms with Crippen molar-refractivity contribution in [3.63, 3.8) is 0 Å². The van der Waals surface area contributed by atoms with Gasteiger partial charge < -0.3 is 14.1 Å². The third-order valence-corrected chi connectivity index (χ3v) is 5.96. The summed E-state index contributed by atoms with van der Waals surface area (Å²) < 4.78 is 39.6. The molecule has 1 aliphatic rings. The molecule has 3 aromatic heterocycles. The van der Waals surface area contributed by atoms with Crippen LogP contribution in [0.4, 0.5) is 8.78 Å². The van der Waals surface area contributed by atoms with Crippen molar-refractivity contribution in [1.29, 1.82) is 0 Å². The van der Waals surface area contributed by atoms with Gasteiger partial charge in [0.1, 0.15) is 22.8 Å². The second kappa shape index (κ2) is 9.22. The number of nitrogens with zero attached hydrogens (tertiary/aromatic N) is 5. The first-order chi connectivity index (χ1) is 16.5. The maximum Gasteiger partial charge on any atom is 0.280 e. The molecule has 8 nitrogen and oxygen atoms in total. The lowest BCUT2D eigenvalue weighted by molar-refractivity contribution is 0.0622. The molecule has 1 saturated heterocycles. The summed E-state index contributed by atoms with van der Waals surface area (Å²) in [5, 5.41) is 4.07. The first-order valence-electron chi connectivity index (χ1n) is 10.9. The molecule has 1 amide bonds. The van der Waals surface area contributed by atoms with Gasteiger partial charge in [-0.1, -0.05) is 12.1 Å². The molecule has 4 heterocycles. The molecule has 1 fully saturated rings. The molecule has 0 radical (unpaired) electrons. The molecule has 0 bridgehead atoms. The highest BCUT2D eigenvalue weighted by molar-refractivity contribution is 6.00. The van der Waals surface area contributed by atoms with Gasteiger partial charge in [0.2, 0.25) is 0 Å². The minimum atomic E-state index is -2.80. The minimum Gasteiger partial charge on any atom is -0.496 e. The second-order valence-corrected chi connectivity index (χ2v) is 8.01. The summed E-state index contributed by atoms with van der Waals surface area (Å²) in [5.74, 6) is 1.09. The molecule has 0 spiro atoms. The summed E-state index contributed by atoms with van der Waals surface area (Å²) in [6.07, 6.45) is 0.157. The Balaban J connectivity index is 1.44. The van der Waals surface area contributed by atoms with E-state index >= 15 is 0 Å². The number of halogens is 2. The van der Waals surface area contributed by atoms with E-state index in [4.69, 9.17) is 9.15 Å². The largest absolute Gasteiger partial charge is 0.496 e. The van der Waals surface area contributed by atoms with Crippen molar-refractivity contribution in [2.24, 2.45) is 0 Å². The fourth-order valence-electron chi connectivity index (χ4n) is 4.19. The zero-order valence-corrected chi connectivity index (χ0v) is 18.5. The molecule has 4 aromatic rings. The van der Waals surface area contributed by atoms with Gasteiger partial charge in [-0.15, -0.1) is 0 Å². The monoisotopic (exact) mass is 467 g/mol. The average molecular weight is 467 g/mol. The molecule has 5 rings (SSSR count). The number of aromatic nitrogens is 3. The van der Waals surface area contributed by atoms with E-state index < -0.39 is 6.43 Å². The topological polar surface area (TPSA) is 76.1 Å². The summed E-state index contributed by atoms with van der Waals surface area (Å²) >= 11 is 0. The molecule has 0 atom stereocenters. The van der Waals surface area contributed by atoms with Gasteiger partial charge in [0, 0.05) is 31.7 Å². The quantitative estimate of drug-likeness (QED) is 0.428. The number of furan rings is 1. The molecular formula is C24H23F2N5O3. The van der Waals surface area contributed by atoms with Crippen molar-refractivity contribution in [3.8, 4) is 17.0 Å². The summed E-state index contributed by atoms with van der Waals surface area (Å²) in [6, 6.07) is 12.1. The summed E-state index contributed by atoms with van der Waals surface area (Å²) in [6.45, 7) is 3.03. The number of rotatable bonds is 6. The van der Waals surface area contributed by atoms with Crippen LogP contribution in [0.3, 0.4) is 0 Å². The van der Waals surface area contributed by atoms with Crippen LogP contribution in [-0.4, -0.2) is 63.6 Å². The van der Waals surface area contributed by atoms with Crippen LogP contribution >= 0.6 is 0 Å². The predicted octanol–water partition coefficient (Wildman–Crippen LogP) is 3.89. The molecule has 176 valence electrons. The molecular weight excluding hydrogens is 444 g/mol. The maximum atomic E-state index is 13.9. The van der Waals surface area contributed by atoms with E-state index in [1.807, 2.05) is 12.1 Å². The average Bonchev–Trinajstić information content (AvgIpc) is 3.53. The van der Waals surface area contributed by atoms with Crippen LogP contribution in [0.5, 0.6) is 5.75 Å². The van der Waals surface area contributed by atoms with Crippen LogP contribution in [0.2, 0.25) is 0 Å². The molecule has 1 aromatic carbocycles. The Hall–Kier alpha value is -3.79. The number of carbonyl (C=O) groups excluding carboxylic acids is 1. The lowest BCUT2D eigenvalue weighted by Crippen LogP contribution is -2.48. The third kappa shape index (κ3) is 4.12. The molecule has 0 saturated carbocycles. The Kier molecular flexibility index (Phi) is 5.97. The lowest BCUT2D eigenvalue weighted by atomic mass is 10.1. The van der Waals surface area contributed by atoms with Crippen LogP contribution in [0.25, 0.3) is 16.9 Å². The normalized spacial score (nSPS) is 14.8. The highest BCUT2D eigenvalue weighted by Gasteiger charge is 2.27. The lowest BCUT2D eigenvalue weighted by Gasteiger charge is -2.34. The van der Waals surface area contributed by atoms with E-state index in [0.717, 1.165) is 10.3 Å².